The highest BCUT2D eigenvalue weighted by molar-refractivity contribution is 5.35. The Morgan fingerprint density at radius 3 is 2.50 bits per heavy atom. The Hall–Kier alpha value is -1.26. The molecule has 1 N–H and O–H groups in total. The van der Waals surface area contributed by atoms with E-state index in [9.17, 15) is 13.2 Å². The average molecular weight is 177 g/mol. The molecule has 1 rings (SSSR count). The molecule has 12 heavy (non-hydrogen) atoms. The van der Waals surface area contributed by atoms with E-state index >= 15 is 0 Å². The minimum absolute atomic E-state index is 0.389. The van der Waals surface area contributed by atoms with Gasteiger partial charge < -0.3 is 5.11 Å². The van der Waals surface area contributed by atoms with Crippen LogP contribution < -0.4 is 0 Å². The first kappa shape index (κ1) is 8.83. The van der Waals surface area contributed by atoms with Crippen LogP contribution in [0, 0.1) is 0 Å². The first-order valence-corrected chi connectivity index (χ1v) is 3.16. The van der Waals surface area contributed by atoms with Gasteiger partial charge in [-0.1, -0.05) is 0 Å². The lowest BCUT2D eigenvalue weighted by molar-refractivity contribution is 0.148. The molecule has 0 unspecified atom stereocenters. The smallest absolute Gasteiger partial charge is 0.265 e. The van der Waals surface area contributed by atoms with Crippen molar-refractivity contribution >= 4 is 0 Å². The maximum atomic E-state index is 12.1. The van der Waals surface area contributed by atoms with Crippen LogP contribution in [0.2, 0.25) is 0 Å². The summed E-state index contributed by atoms with van der Waals surface area (Å²) < 4.78 is 36.2. The molecular formula is C7H6F3NO. The van der Waals surface area contributed by atoms with E-state index in [1.165, 1.54) is 0 Å². The molecule has 0 atom stereocenters. The third kappa shape index (κ3) is 1.49. The van der Waals surface area contributed by atoms with Gasteiger partial charge in [-0.15, -0.1) is 0 Å². The Morgan fingerprint density at radius 1 is 1.42 bits per heavy atom. The number of rotatable bonds is 2. The van der Waals surface area contributed by atoms with Crippen molar-refractivity contribution in [3.8, 4) is 5.75 Å². The van der Waals surface area contributed by atoms with Crippen LogP contribution >= 0.6 is 0 Å². The molecule has 0 bridgehead atoms. The number of aromatic nitrogens is 1. The van der Waals surface area contributed by atoms with E-state index in [-0.39, 0.29) is 5.56 Å². The second kappa shape index (κ2) is 3.42. The number of nitrogens with zero attached hydrogens (tertiary/aromatic N) is 1. The third-order valence-corrected chi connectivity index (χ3v) is 1.44. The Labute approximate surface area is 66.7 Å². The first-order valence-electron chi connectivity index (χ1n) is 3.16. The molecule has 1 aromatic heterocycles. The van der Waals surface area contributed by atoms with Crippen molar-refractivity contribution in [1.29, 1.82) is 0 Å². The summed E-state index contributed by atoms with van der Waals surface area (Å²) in [5.41, 5.74) is -0.947. The minimum atomic E-state index is -2.81. The molecular weight excluding hydrogens is 171 g/mol. The Morgan fingerprint density at radius 2 is 2.08 bits per heavy atom. The molecule has 0 aromatic carbocycles. The van der Waals surface area contributed by atoms with Crippen LogP contribution in [0.3, 0.4) is 0 Å². The van der Waals surface area contributed by atoms with Crippen LogP contribution in [-0.2, 0) is 6.67 Å². The summed E-state index contributed by atoms with van der Waals surface area (Å²) >= 11 is 0. The third-order valence-electron chi connectivity index (χ3n) is 1.44. The molecule has 0 saturated heterocycles. The quantitative estimate of drug-likeness (QED) is 0.751. The van der Waals surface area contributed by atoms with Crippen molar-refractivity contribution < 1.29 is 18.3 Å². The van der Waals surface area contributed by atoms with Crippen LogP contribution in [0.5, 0.6) is 5.75 Å². The lowest BCUT2D eigenvalue weighted by atomic mass is 10.1. The number of hydrogen-bond donors (Lipinski definition) is 1. The van der Waals surface area contributed by atoms with Gasteiger partial charge in [0.2, 0.25) is 0 Å². The number of aromatic hydroxyl groups is 1. The number of pyridine rings is 1. The molecule has 66 valence electrons. The van der Waals surface area contributed by atoms with Gasteiger partial charge in [-0.05, 0) is 0 Å². The molecule has 0 amide bonds. The van der Waals surface area contributed by atoms with Gasteiger partial charge in [0.1, 0.15) is 12.4 Å². The minimum Gasteiger partial charge on any atom is -0.506 e. The van der Waals surface area contributed by atoms with Gasteiger partial charge >= 0.3 is 0 Å². The zero-order valence-electron chi connectivity index (χ0n) is 5.97. The second-order valence-corrected chi connectivity index (χ2v) is 2.16. The van der Waals surface area contributed by atoms with Crippen LogP contribution in [0.1, 0.15) is 17.6 Å². The fourth-order valence-corrected chi connectivity index (χ4v) is 0.826. The predicted molar refractivity (Wildman–Crippen MR) is 35.7 cm³/mol. The van der Waals surface area contributed by atoms with E-state index in [0.29, 0.717) is 0 Å². The summed E-state index contributed by atoms with van der Waals surface area (Å²) in [6.07, 6.45) is -1.03. The first-order chi connectivity index (χ1) is 5.66. The van der Waals surface area contributed by atoms with Gasteiger partial charge in [-0.3, -0.25) is 4.98 Å². The van der Waals surface area contributed by atoms with Crippen molar-refractivity contribution in [2.24, 2.45) is 0 Å². The second-order valence-electron chi connectivity index (χ2n) is 2.16. The van der Waals surface area contributed by atoms with E-state index in [1.54, 1.807) is 0 Å². The molecule has 0 spiro atoms. The standard InChI is InChI=1S/C7H6F3NO/c8-1-4-5(7(9)10)2-11-3-6(4)12/h2-3,7,12H,1H2. The maximum Gasteiger partial charge on any atom is 0.265 e. The van der Waals surface area contributed by atoms with Crippen LogP contribution in [-0.4, -0.2) is 10.1 Å². The van der Waals surface area contributed by atoms with Gasteiger partial charge in [-0.25, -0.2) is 13.2 Å². The van der Waals surface area contributed by atoms with Gasteiger partial charge in [0.25, 0.3) is 6.43 Å². The molecule has 0 aliphatic rings. The molecule has 1 heterocycles. The van der Waals surface area contributed by atoms with Crippen LogP contribution in [0.15, 0.2) is 12.4 Å². The van der Waals surface area contributed by atoms with Gasteiger partial charge in [0.15, 0.2) is 0 Å². The fourth-order valence-electron chi connectivity index (χ4n) is 0.826. The fraction of sp³-hybridized carbons (Fsp3) is 0.286. The zero-order chi connectivity index (χ0) is 9.14. The van der Waals surface area contributed by atoms with Gasteiger partial charge in [0, 0.05) is 17.3 Å². The summed E-state index contributed by atoms with van der Waals surface area (Å²) in [7, 11) is 0. The summed E-state index contributed by atoms with van der Waals surface area (Å²) in [6, 6.07) is 0. The van der Waals surface area contributed by atoms with Crippen molar-refractivity contribution in [2.45, 2.75) is 13.1 Å². The van der Waals surface area contributed by atoms with Gasteiger partial charge in [-0.2, -0.15) is 0 Å². The number of halogens is 3. The highest BCUT2D eigenvalue weighted by Gasteiger charge is 2.15. The average Bonchev–Trinajstić information content (AvgIpc) is 2.03. The summed E-state index contributed by atoms with van der Waals surface area (Å²) in [5.74, 6) is -0.532. The molecule has 0 aliphatic carbocycles. The van der Waals surface area contributed by atoms with Gasteiger partial charge in [0.05, 0.1) is 6.20 Å². The zero-order valence-corrected chi connectivity index (χ0v) is 5.97. The van der Waals surface area contributed by atoms with E-state index in [1.807, 2.05) is 0 Å². The highest BCUT2D eigenvalue weighted by atomic mass is 19.3. The van der Waals surface area contributed by atoms with Crippen molar-refractivity contribution in [2.75, 3.05) is 0 Å². The molecule has 0 aliphatic heterocycles. The van der Waals surface area contributed by atoms with Crippen molar-refractivity contribution in [3.63, 3.8) is 0 Å². The summed E-state index contributed by atoms with van der Waals surface area (Å²) in [4.78, 5) is 3.32. The summed E-state index contributed by atoms with van der Waals surface area (Å²) in [5, 5.41) is 8.90. The lowest BCUT2D eigenvalue weighted by Crippen LogP contribution is -1.94. The molecule has 5 heteroatoms. The van der Waals surface area contributed by atoms with E-state index in [4.69, 9.17) is 5.11 Å². The predicted octanol–water partition coefficient (Wildman–Crippen LogP) is 2.19. The van der Waals surface area contributed by atoms with Crippen molar-refractivity contribution in [3.05, 3.63) is 23.5 Å². The molecule has 0 fully saturated rings. The van der Waals surface area contributed by atoms with E-state index < -0.39 is 24.4 Å². The van der Waals surface area contributed by atoms with E-state index in [0.717, 1.165) is 12.4 Å². The highest BCUT2D eigenvalue weighted by Crippen LogP contribution is 2.28. The van der Waals surface area contributed by atoms with E-state index in [2.05, 4.69) is 4.98 Å². The molecule has 2 nitrogen and oxygen atoms in total. The SMILES string of the molecule is Oc1cncc(C(F)F)c1CF. The monoisotopic (exact) mass is 177 g/mol. The van der Waals surface area contributed by atoms with Crippen LogP contribution in [0.25, 0.3) is 0 Å². The number of hydrogen-bond acceptors (Lipinski definition) is 2. The molecule has 0 saturated carbocycles. The summed E-state index contributed by atoms with van der Waals surface area (Å²) in [6.45, 7) is -1.12. The normalized spacial score (nSPS) is 10.7. The Balaban J connectivity index is 3.18. The Kier molecular flexibility index (Phi) is 2.52. The van der Waals surface area contributed by atoms with Crippen LogP contribution in [0.4, 0.5) is 13.2 Å². The number of alkyl halides is 3. The molecule has 0 radical (unpaired) electrons. The Bertz CT molecular complexity index is 277. The van der Waals surface area contributed by atoms with Crippen molar-refractivity contribution in [1.82, 2.24) is 4.98 Å². The topological polar surface area (TPSA) is 33.1 Å². The molecule has 1 aromatic rings. The lowest BCUT2D eigenvalue weighted by Gasteiger charge is -2.05. The largest absolute Gasteiger partial charge is 0.506 e. The maximum absolute atomic E-state index is 12.1.